The van der Waals surface area contributed by atoms with Crippen LogP contribution in [0.3, 0.4) is 0 Å². The van der Waals surface area contributed by atoms with Gasteiger partial charge in [0, 0.05) is 30.4 Å². The van der Waals surface area contributed by atoms with Crippen molar-refractivity contribution in [1.82, 2.24) is 15.1 Å². The molecule has 10 heteroatoms. The number of aromatic amines is 1. The van der Waals surface area contributed by atoms with Gasteiger partial charge in [-0.3, -0.25) is 14.7 Å². The molecule has 2 unspecified atom stereocenters. The average Bonchev–Trinajstić information content (AvgIpc) is 2.78. The lowest BCUT2D eigenvalue weighted by molar-refractivity contribution is 0.0741. The first-order valence-corrected chi connectivity index (χ1v) is 10.9. The number of carbonyl (C=O) groups is 1. The van der Waals surface area contributed by atoms with Crippen LogP contribution in [0.25, 0.3) is 0 Å². The number of carbonyl (C=O) groups excluding carboxylic acids is 1. The number of hydrogen-bond donors (Lipinski definition) is 2. The Balaban J connectivity index is 1.95. The topological polar surface area (TPSA) is 86.3 Å². The van der Waals surface area contributed by atoms with Crippen LogP contribution in [-0.2, 0) is 0 Å². The normalized spacial score (nSPS) is 11.9. The number of nitrogens with one attached hydrogen (secondary N) is 1. The molecular weight excluding hydrogens is 454 g/mol. The molecule has 174 valence electrons. The highest BCUT2D eigenvalue weighted by molar-refractivity contribution is 7.27. The van der Waals surface area contributed by atoms with E-state index in [0.29, 0.717) is 23.8 Å². The molecule has 2 N–H and O–H groups in total. The molecule has 0 saturated heterocycles. The van der Waals surface area contributed by atoms with E-state index in [2.05, 4.69) is 19.4 Å². The predicted octanol–water partition coefficient (Wildman–Crippen LogP) is 3.47. The first-order chi connectivity index (χ1) is 15.7. The quantitative estimate of drug-likeness (QED) is 0.487. The van der Waals surface area contributed by atoms with Gasteiger partial charge < -0.3 is 10.0 Å². The van der Waals surface area contributed by atoms with Crippen molar-refractivity contribution >= 4 is 20.5 Å². The molecule has 0 fully saturated rings. The van der Waals surface area contributed by atoms with E-state index in [1.165, 1.54) is 23.1 Å². The fourth-order valence-electron chi connectivity index (χ4n) is 3.63. The van der Waals surface area contributed by atoms with Crippen LogP contribution in [0.5, 0.6) is 5.75 Å². The molecule has 0 aliphatic heterocycles. The minimum atomic E-state index is -0.793. The van der Waals surface area contributed by atoms with Gasteiger partial charge in [0.25, 0.3) is 5.91 Å². The maximum atomic E-state index is 14.7. The van der Waals surface area contributed by atoms with Gasteiger partial charge in [-0.25, -0.2) is 13.2 Å². The third-order valence-corrected chi connectivity index (χ3v) is 5.71. The number of H-pyrrole nitrogens is 1. The maximum absolute atomic E-state index is 14.7. The smallest absolute Gasteiger partial charge is 0.275 e. The molecule has 0 spiro atoms. The maximum Gasteiger partial charge on any atom is 0.275 e. The lowest BCUT2D eigenvalue weighted by atomic mass is 9.87. The van der Waals surface area contributed by atoms with Gasteiger partial charge in [0.2, 0.25) is 5.43 Å². The highest BCUT2D eigenvalue weighted by Crippen LogP contribution is 2.31. The first kappa shape index (κ1) is 24.5. The lowest BCUT2D eigenvalue weighted by Gasteiger charge is -2.26. The van der Waals surface area contributed by atoms with E-state index in [1.54, 1.807) is 6.07 Å². The summed E-state index contributed by atoms with van der Waals surface area (Å²) in [6.45, 7) is 2.27. The Labute approximate surface area is 190 Å². The molecule has 0 aliphatic rings. The van der Waals surface area contributed by atoms with E-state index in [4.69, 9.17) is 0 Å². The Morgan fingerprint density at radius 3 is 2.58 bits per heavy atom. The zero-order chi connectivity index (χ0) is 24.1. The molecule has 2 atom stereocenters. The number of amides is 1. The Bertz CT molecular complexity index is 1220. The van der Waals surface area contributed by atoms with Crippen molar-refractivity contribution in [3.8, 4) is 5.75 Å². The standard InChI is InChI=1S/C23H23F3N3O3P/c1-2-8-29(23(32)21-22(31)19(30)12-27-28-21)9-7-15(13-3-6-17(25)20(33)10-13)16-5-4-14(24)11-18(16)26/h3-6,10-12,15H,2,7-9,33H2,1H3,(H,27,31)(H,28,30). The summed E-state index contributed by atoms with van der Waals surface area (Å²) < 4.78 is 42.0. The third kappa shape index (κ3) is 5.60. The minimum absolute atomic E-state index is 0.119. The molecule has 6 nitrogen and oxygen atoms in total. The van der Waals surface area contributed by atoms with E-state index < -0.39 is 40.5 Å². The van der Waals surface area contributed by atoms with Gasteiger partial charge >= 0.3 is 0 Å². The largest absolute Gasteiger partial charge is 0.502 e. The molecule has 3 aromatic rings. The van der Waals surface area contributed by atoms with Crippen molar-refractivity contribution in [3.05, 3.63) is 87.1 Å². The van der Waals surface area contributed by atoms with Crippen LogP contribution in [0.15, 0.2) is 47.4 Å². The van der Waals surface area contributed by atoms with Gasteiger partial charge in [-0.2, -0.15) is 5.10 Å². The Hall–Kier alpha value is -3.19. The van der Waals surface area contributed by atoms with Crippen LogP contribution in [0.2, 0.25) is 0 Å². The van der Waals surface area contributed by atoms with Crippen LogP contribution >= 0.6 is 9.24 Å². The van der Waals surface area contributed by atoms with E-state index >= 15 is 0 Å². The Morgan fingerprint density at radius 1 is 1.15 bits per heavy atom. The summed E-state index contributed by atoms with van der Waals surface area (Å²) >= 11 is 0. The molecule has 1 aromatic heterocycles. The van der Waals surface area contributed by atoms with Crippen LogP contribution in [-0.4, -0.2) is 39.2 Å². The molecule has 0 aliphatic carbocycles. The number of hydrogen-bond acceptors (Lipinski definition) is 4. The van der Waals surface area contributed by atoms with Crippen LogP contribution in [0, 0.1) is 17.5 Å². The van der Waals surface area contributed by atoms with Crippen molar-refractivity contribution in [2.75, 3.05) is 13.1 Å². The summed E-state index contributed by atoms with van der Waals surface area (Å²) in [5.41, 5.74) is -0.337. The monoisotopic (exact) mass is 477 g/mol. The number of benzene rings is 2. The Kier molecular flexibility index (Phi) is 7.87. The molecule has 1 heterocycles. The molecule has 33 heavy (non-hydrogen) atoms. The van der Waals surface area contributed by atoms with Crippen molar-refractivity contribution in [1.29, 1.82) is 0 Å². The third-order valence-electron chi connectivity index (χ3n) is 5.27. The van der Waals surface area contributed by atoms with Gasteiger partial charge in [0.1, 0.15) is 17.5 Å². The van der Waals surface area contributed by atoms with Gasteiger partial charge in [-0.05, 0) is 42.2 Å². The summed E-state index contributed by atoms with van der Waals surface area (Å²) in [7, 11) is 2.27. The molecular formula is C23H23F3N3O3P. The fourth-order valence-corrected chi connectivity index (χ4v) is 3.92. The fraction of sp³-hybridized carbons (Fsp3) is 0.261. The van der Waals surface area contributed by atoms with Crippen LogP contribution in [0.1, 0.15) is 47.3 Å². The second-order valence-corrected chi connectivity index (χ2v) is 8.16. The molecule has 2 aromatic carbocycles. The minimum Gasteiger partial charge on any atom is -0.502 e. The predicted molar refractivity (Wildman–Crippen MR) is 121 cm³/mol. The summed E-state index contributed by atoms with van der Waals surface area (Å²) in [6, 6.07) is 7.60. The molecule has 1 amide bonds. The van der Waals surface area contributed by atoms with Gasteiger partial charge in [0.05, 0.1) is 6.20 Å². The number of rotatable bonds is 8. The van der Waals surface area contributed by atoms with E-state index in [1.807, 2.05) is 6.92 Å². The first-order valence-electron chi connectivity index (χ1n) is 10.3. The zero-order valence-electron chi connectivity index (χ0n) is 17.8. The number of aromatic nitrogens is 2. The van der Waals surface area contributed by atoms with Crippen molar-refractivity contribution < 1.29 is 23.1 Å². The second-order valence-electron chi connectivity index (χ2n) is 7.54. The van der Waals surface area contributed by atoms with Crippen molar-refractivity contribution in [2.24, 2.45) is 0 Å². The van der Waals surface area contributed by atoms with Crippen LogP contribution < -0.4 is 10.7 Å². The highest BCUT2D eigenvalue weighted by atomic mass is 31.0. The van der Waals surface area contributed by atoms with Gasteiger partial charge in [0.15, 0.2) is 11.4 Å². The number of nitrogens with zero attached hydrogens (tertiary/aromatic N) is 2. The van der Waals surface area contributed by atoms with Crippen molar-refractivity contribution in [2.45, 2.75) is 25.7 Å². The molecule has 0 bridgehead atoms. The summed E-state index contributed by atoms with van der Waals surface area (Å²) in [5, 5.41) is 16.2. The molecule has 3 rings (SSSR count). The van der Waals surface area contributed by atoms with E-state index in [9.17, 15) is 27.9 Å². The number of halogens is 3. The zero-order valence-corrected chi connectivity index (χ0v) is 19.0. The summed E-state index contributed by atoms with van der Waals surface area (Å²) in [6.07, 6.45) is 1.66. The summed E-state index contributed by atoms with van der Waals surface area (Å²) in [5.74, 6) is -3.90. The van der Waals surface area contributed by atoms with E-state index in [0.717, 1.165) is 18.3 Å². The lowest BCUT2D eigenvalue weighted by Crippen LogP contribution is -2.35. The highest BCUT2D eigenvalue weighted by Gasteiger charge is 2.25. The van der Waals surface area contributed by atoms with Gasteiger partial charge in [-0.15, -0.1) is 9.24 Å². The summed E-state index contributed by atoms with van der Waals surface area (Å²) in [4.78, 5) is 26.1. The second kappa shape index (κ2) is 10.6. The Morgan fingerprint density at radius 2 is 1.91 bits per heavy atom. The van der Waals surface area contributed by atoms with Crippen molar-refractivity contribution in [3.63, 3.8) is 0 Å². The number of aromatic hydroxyl groups is 1. The average molecular weight is 477 g/mol. The molecule has 0 saturated carbocycles. The molecule has 0 radical (unpaired) electrons. The van der Waals surface area contributed by atoms with Gasteiger partial charge in [-0.1, -0.05) is 19.1 Å². The SMILES string of the molecule is CCCN(CCC(c1ccc(F)c(P)c1)c1ccc(F)cc1F)C(=O)c1[nH]ncc(=O)c1O. The van der Waals surface area contributed by atoms with Crippen LogP contribution in [0.4, 0.5) is 13.2 Å². The van der Waals surface area contributed by atoms with E-state index in [-0.39, 0.29) is 24.2 Å².